The van der Waals surface area contributed by atoms with E-state index in [9.17, 15) is 13.5 Å². The SMILES string of the molecule is Cc1cc(S(=O)(=O)NCC2(O)CCCCC2)ccc1N. The zero-order valence-electron chi connectivity index (χ0n) is 11.7. The van der Waals surface area contributed by atoms with Crippen LogP contribution in [0.25, 0.3) is 0 Å². The molecule has 0 bridgehead atoms. The number of benzene rings is 1. The highest BCUT2D eigenvalue weighted by atomic mass is 32.2. The maximum absolute atomic E-state index is 12.2. The van der Waals surface area contributed by atoms with Crippen LogP contribution in [0.2, 0.25) is 0 Å². The van der Waals surface area contributed by atoms with Crippen molar-refractivity contribution in [2.45, 2.75) is 49.5 Å². The molecule has 1 aliphatic carbocycles. The topological polar surface area (TPSA) is 92.4 Å². The van der Waals surface area contributed by atoms with Crippen LogP contribution in [0, 0.1) is 6.92 Å². The number of nitrogens with two attached hydrogens (primary N) is 1. The van der Waals surface area contributed by atoms with E-state index in [0.29, 0.717) is 18.5 Å². The number of aryl methyl sites for hydroxylation is 1. The lowest BCUT2D eigenvalue weighted by Crippen LogP contribution is -2.44. The molecular weight excluding hydrogens is 276 g/mol. The molecule has 20 heavy (non-hydrogen) atoms. The Hall–Kier alpha value is -1.11. The van der Waals surface area contributed by atoms with E-state index < -0.39 is 15.6 Å². The number of hydrogen-bond donors (Lipinski definition) is 3. The molecule has 1 saturated carbocycles. The molecule has 1 aliphatic rings. The summed E-state index contributed by atoms with van der Waals surface area (Å²) in [6.07, 6.45) is 4.29. The smallest absolute Gasteiger partial charge is 0.240 e. The summed E-state index contributed by atoms with van der Waals surface area (Å²) in [7, 11) is -3.60. The molecule has 0 heterocycles. The zero-order chi connectivity index (χ0) is 14.8. The maximum atomic E-state index is 12.2. The molecule has 1 aromatic carbocycles. The standard InChI is InChI=1S/C14H22N2O3S/c1-11-9-12(5-6-13(11)15)20(18,19)16-10-14(17)7-3-2-4-8-14/h5-6,9,16-17H,2-4,7-8,10,15H2,1H3. The van der Waals surface area contributed by atoms with Gasteiger partial charge in [0, 0.05) is 12.2 Å². The molecule has 0 unspecified atom stereocenters. The summed E-state index contributed by atoms with van der Waals surface area (Å²) in [5.41, 5.74) is 6.07. The Morgan fingerprint density at radius 3 is 2.55 bits per heavy atom. The van der Waals surface area contributed by atoms with E-state index in [1.54, 1.807) is 19.1 Å². The molecule has 0 aliphatic heterocycles. The van der Waals surface area contributed by atoms with Crippen LogP contribution in [0.4, 0.5) is 5.69 Å². The first kappa shape index (κ1) is 15.3. The lowest BCUT2D eigenvalue weighted by atomic mass is 9.85. The average Bonchev–Trinajstić information content (AvgIpc) is 2.41. The van der Waals surface area contributed by atoms with Crippen molar-refractivity contribution in [1.82, 2.24) is 4.72 Å². The Bertz CT molecular complexity index is 578. The van der Waals surface area contributed by atoms with Gasteiger partial charge in [-0.2, -0.15) is 0 Å². The summed E-state index contributed by atoms with van der Waals surface area (Å²) in [6, 6.07) is 4.61. The molecule has 0 atom stereocenters. The fraction of sp³-hybridized carbons (Fsp3) is 0.571. The lowest BCUT2D eigenvalue weighted by Gasteiger charge is -2.32. The minimum atomic E-state index is -3.60. The predicted octanol–water partition coefficient (Wildman–Crippen LogP) is 1.55. The maximum Gasteiger partial charge on any atom is 0.240 e. The monoisotopic (exact) mass is 298 g/mol. The molecule has 4 N–H and O–H groups in total. The number of rotatable bonds is 4. The van der Waals surface area contributed by atoms with Gasteiger partial charge in [-0.3, -0.25) is 0 Å². The van der Waals surface area contributed by atoms with E-state index in [0.717, 1.165) is 24.8 Å². The van der Waals surface area contributed by atoms with Crippen LogP contribution in [-0.4, -0.2) is 25.7 Å². The third-order valence-electron chi connectivity index (χ3n) is 3.93. The summed E-state index contributed by atoms with van der Waals surface area (Å²) in [5, 5.41) is 10.3. The van der Waals surface area contributed by atoms with Gasteiger partial charge in [-0.1, -0.05) is 19.3 Å². The van der Waals surface area contributed by atoms with Crippen molar-refractivity contribution in [3.8, 4) is 0 Å². The Kier molecular flexibility index (Phi) is 4.36. The molecule has 0 aromatic heterocycles. The van der Waals surface area contributed by atoms with E-state index >= 15 is 0 Å². The zero-order valence-corrected chi connectivity index (χ0v) is 12.5. The van der Waals surface area contributed by atoms with Crippen LogP contribution in [0.3, 0.4) is 0 Å². The highest BCUT2D eigenvalue weighted by molar-refractivity contribution is 7.89. The molecule has 0 amide bonds. The minimum absolute atomic E-state index is 0.0682. The van der Waals surface area contributed by atoms with Crippen LogP contribution in [-0.2, 0) is 10.0 Å². The van der Waals surface area contributed by atoms with Gasteiger partial charge >= 0.3 is 0 Å². The number of nitrogens with one attached hydrogen (secondary N) is 1. The Labute approximate surface area is 120 Å². The lowest BCUT2D eigenvalue weighted by molar-refractivity contribution is 0.00945. The third kappa shape index (κ3) is 3.50. The number of sulfonamides is 1. The van der Waals surface area contributed by atoms with Crippen molar-refractivity contribution in [2.24, 2.45) is 0 Å². The predicted molar refractivity (Wildman–Crippen MR) is 78.8 cm³/mol. The molecule has 0 saturated heterocycles. The van der Waals surface area contributed by atoms with Crippen molar-refractivity contribution in [3.05, 3.63) is 23.8 Å². The summed E-state index contributed by atoms with van der Waals surface area (Å²) in [4.78, 5) is 0.184. The summed E-state index contributed by atoms with van der Waals surface area (Å²) in [5.74, 6) is 0. The number of hydrogen-bond acceptors (Lipinski definition) is 4. The van der Waals surface area contributed by atoms with Gasteiger partial charge in [0.15, 0.2) is 0 Å². The molecule has 112 valence electrons. The molecule has 2 rings (SSSR count). The second kappa shape index (κ2) is 5.71. The van der Waals surface area contributed by atoms with Gasteiger partial charge in [-0.15, -0.1) is 0 Å². The van der Waals surface area contributed by atoms with Crippen LogP contribution >= 0.6 is 0 Å². The first-order valence-electron chi connectivity index (χ1n) is 6.91. The second-order valence-corrected chi connectivity index (χ2v) is 7.39. The van der Waals surface area contributed by atoms with E-state index in [1.165, 1.54) is 6.07 Å². The summed E-state index contributed by atoms with van der Waals surface area (Å²) >= 11 is 0. The second-order valence-electron chi connectivity index (χ2n) is 5.63. The number of nitrogen functional groups attached to an aromatic ring is 1. The van der Waals surface area contributed by atoms with E-state index in [-0.39, 0.29) is 11.4 Å². The van der Waals surface area contributed by atoms with Gasteiger partial charge in [0.2, 0.25) is 10.0 Å². The molecule has 0 radical (unpaired) electrons. The molecule has 6 heteroatoms. The Morgan fingerprint density at radius 2 is 1.95 bits per heavy atom. The highest BCUT2D eigenvalue weighted by Gasteiger charge is 2.30. The summed E-state index contributed by atoms with van der Waals surface area (Å²) < 4.78 is 26.9. The van der Waals surface area contributed by atoms with Crippen molar-refractivity contribution in [1.29, 1.82) is 0 Å². The van der Waals surface area contributed by atoms with Crippen LogP contribution in [0.1, 0.15) is 37.7 Å². The van der Waals surface area contributed by atoms with E-state index in [4.69, 9.17) is 5.73 Å². The van der Waals surface area contributed by atoms with Gasteiger partial charge in [-0.05, 0) is 43.5 Å². The Balaban J connectivity index is 2.09. The van der Waals surface area contributed by atoms with Crippen molar-refractivity contribution in [2.75, 3.05) is 12.3 Å². The minimum Gasteiger partial charge on any atom is -0.399 e. The normalized spacial score (nSPS) is 18.9. The van der Waals surface area contributed by atoms with Crippen molar-refractivity contribution < 1.29 is 13.5 Å². The van der Waals surface area contributed by atoms with Gasteiger partial charge in [0.25, 0.3) is 0 Å². The number of aliphatic hydroxyl groups is 1. The molecular formula is C14H22N2O3S. The van der Waals surface area contributed by atoms with Crippen molar-refractivity contribution in [3.63, 3.8) is 0 Å². The van der Waals surface area contributed by atoms with Gasteiger partial charge < -0.3 is 10.8 Å². The molecule has 1 fully saturated rings. The van der Waals surface area contributed by atoms with Gasteiger partial charge in [-0.25, -0.2) is 13.1 Å². The van der Waals surface area contributed by atoms with Gasteiger partial charge in [0.05, 0.1) is 10.5 Å². The first-order chi connectivity index (χ1) is 9.32. The average molecular weight is 298 g/mol. The number of anilines is 1. The molecule has 0 spiro atoms. The van der Waals surface area contributed by atoms with E-state index in [2.05, 4.69) is 4.72 Å². The van der Waals surface area contributed by atoms with Crippen LogP contribution in [0.15, 0.2) is 23.1 Å². The largest absolute Gasteiger partial charge is 0.399 e. The third-order valence-corrected chi connectivity index (χ3v) is 5.33. The highest BCUT2D eigenvalue weighted by Crippen LogP contribution is 2.27. The van der Waals surface area contributed by atoms with E-state index in [1.807, 2.05) is 0 Å². The fourth-order valence-electron chi connectivity index (χ4n) is 2.51. The summed E-state index contributed by atoms with van der Waals surface area (Å²) in [6.45, 7) is 1.84. The fourth-order valence-corrected chi connectivity index (χ4v) is 3.72. The Morgan fingerprint density at radius 1 is 1.30 bits per heavy atom. The van der Waals surface area contributed by atoms with Crippen molar-refractivity contribution >= 4 is 15.7 Å². The molecule has 5 nitrogen and oxygen atoms in total. The van der Waals surface area contributed by atoms with Gasteiger partial charge in [0.1, 0.15) is 0 Å². The quantitative estimate of drug-likeness (QED) is 0.735. The first-order valence-corrected chi connectivity index (χ1v) is 8.39. The molecule has 1 aromatic rings. The van der Waals surface area contributed by atoms with Crippen LogP contribution in [0.5, 0.6) is 0 Å². The van der Waals surface area contributed by atoms with Crippen LogP contribution < -0.4 is 10.5 Å².